The first-order chi connectivity index (χ1) is 7.26. The molecular formula is C10H20N4O. The Morgan fingerprint density at radius 1 is 1.67 bits per heavy atom. The van der Waals surface area contributed by atoms with Gasteiger partial charge in [-0.15, -0.1) is 0 Å². The van der Waals surface area contributed by atoms with Gasteiger partial charge in [0.25, 0.3) is 0 Å². The Morgan fingerprint density at radius 3 is 3.00 bits per heavy atom. The fourth-order valence-corrected chi connectivity index (χ4v) is 1.36. The lowest BCUT2D eigenvalue weighted by Crippen LogP contribution is -2.40. The SMILES string of the molecule is CCCOCC(Cc1ccn(C)n1)NN. The van der Waals surface area contributed by atoms with Gasteiger partial charge in [0.2, 0.25) is 0 Å². The molecule has 5 nitrogen and oxygen atoms in total. The summed E-state index contributed by atoms with van der Waals surface area (Å²) in [6.45, 7) is 3.49. The lowest BCUT2D eigenvalue weighted by atomic mass is 10.2. The first-order valence-electron chi connectivity index (χ1n) is 5.28. The number of hydrogen-bond donors (Lipinski definition) is 2. The van der Waals surface area contributed by atoms with Gasteiger partial charge >= 0.3 is 0 Å². The van der Waals surface area contributed by atoms with Gasteiger partial charge in [0.15, 0.2) is 0 Å². The molecule has 1 aromatic rings. The van der Waals surface area contributed by atoms with Crippen molar-refractivity contribution < 1.29 is 4.74 Å². The molecule has 1 unspecified atom stereocenters. The van der Waals surface area contributed by atoms with E-state index < -0.39 is 0 Å². The molecule has 0 aliphatic heterocycles. The number of ether oxygens (including phenoxy) is 1. The van der Waals surface area contributed by atoms with Crippen LogP contribution in [-0.2, 0) is 18.2 Å². The second-order valence-electron chi connectivity index (χ2n) is 3.62. The summed E-state index contributed by atoms with van der Waals surface area (Å²) in [4.78, 5) is 0. The Morgan fingerprint density at radius 2 is 2.47 bits per heavy atom. The molecule has 0 saturated heterocycles. The summed E-state index contributed by atoms with van der Waals surface area (Å²) >= 11 is 0. The maximum atomic E-state index is 5.45. The fourth-order valence-electron chi connectivity index (χ4n) is 1.36. The molecule has 0 bridgehead atoms. The summed E-state index contributed by atoms with van der Waals surface area (Å²) in [5.74, 6) is 5.45. The maximum absolute atomic E-state index is 5.45. The summed E-state index contributed by atoms with van der Waals surface area (Å²) in [6, 6.07) is 2.12. The lowest BCUT2D eigenvalue weighted by Gasteiger charge is -2.14. The molecule has 5 heteroatoms. The highest BCUT2D eigenvalue weighted by molar-refractivity contribution is 5.01. The van der Waals surface area contributed by atoms with Crippen molar-refractivity contribution in [2.45, 2.75) is 25.8 Å². The molecule has 1 heterocycles. The Labute approximate surface area is 90.6 Å². The van der Waals surface area contributed by atoms with E-state index in [1.165, 1.54) is 0 Å². The van der Waals surface area contributed by atoms with Gasteiger partial charge in [-0.05, 0) is 12.5 Å². The van der Waals surface area contributed by atoms with Crippen molar-refractivity contribution >= 4 is 0 Å². The highest BCUT2D eigenvalue weighted by atomic mass is 16.5. The van der Waals surface area contributed by atoms with E-state index in [0.717, 1.165) is 25.1 Å². The van der Waals surface area contributed by atoms with Crippen LogP contribution in [0.5, 0.6) is 0 Å². The predicted molar refractivity (Wildman–Crippen MR) is 59.1 cm³/mol. The van der Waals surface area contributed by atoms with Crippen molar-refractivity contribution in [2.24, 2.45) is 12.9 Å². The van der Waals surface area contributed by atoms with Crippen LogP contribution in [0.15, 0.2) is 12.3 Å². The van der Waals surface area contributed by atoms with Crippen LogP contribution < -0.4 is 11.3 Å². The summed E-state index contributed by atoms with van der Waals surface area (Å²) in [5, 5.41) is 4.29. The number of nitrogens with zero attached hydrogens (tertiary/aromatic N) is 2. The normalized spacial score (nSPS) is 13.0. The molecular weight excluding hydrogens is 192 g/mol. The number of aryl methyl sites for hydroxylation is 1. The second kappa shape index (κ2) is 6.55. The van der Waals surface area contributed by atoms with Crippen LogP contribution >= 0.6 is 0 Å². The highest BCUT2D eigenvalue weighted by Gasteiger charge is 2.09. The molecule has 0 aromatic carbocycles. The molecule has 0 aliphatic rings. The van der Waals surface area contributed by atoms with Crippen molar-refractivity contribution in [3.05, 3.63) is 18.0 Å². The van der Waals surface area contributed by atoms with Crippen LogP contribution in [-0.4, -0.2) is 29.0 Å². The number of nitrogens with one attached hydrogen (secondary N) is 1. The number of rotatable bonds is 7. The smallest absolute Gasteiger partial charge is 0.0641 e. The Kier molecular flexibility index (Phi) is 5.31. The van der Waals surface area contributed by atoms with Crippen molar-refractivity contribution in [3.63, 3.8) is 0 Å². The van der Waals surface area contributed by atoms with Crippen molar-refractivity contribution in [1.29, 1.82) is 0 Å². The van der Waals surface area contributed by atoms with E-state index in [0.29, 0.717) is 6.61 Å². The van der Waals surface area contributed by atoms with Crippen LogP contribution in [0, 0.1) is 0 Å². The molecule has 0 saturated carbocycles. The predicted octanol–water partition coefficient (Wildman–Crippen LogP) is 0.221. The lowest BCUT2D eigenvalue weighted by molar-refractivity contribution is 0.111. The first kappa shape index (κ1) is 12.2. The van der Waals surface area contributed by atoms with Gasteiger partial charge in [0.05, 0.1) is 18.3 Å². The monoisotopic (exact) mass is 212 g/mol. The van der Waals surface area contributed by atoms with Gasteiger partial charge in [-0.3, -0.25) is 16.0 Å². The molecule has 15 heavy (non-hydrogen) atoms. The molecule has 0 spiro atoms. The number of nitrogens with two attached hydrogens (primary N) is 1. The van der Waals surface area contributed by atoms with Crippen LogP contribution in [0.4, 0.5) is 0 Å². The third-order valence-electron chi connectivity index (χ3n) is 2.13. The molecule has 0 amide bonds. The third kappa shape index (κ3) is 4.42. The zero-order valence-electron chi connectivity index (χ0n) is 9.44. The molecule has 86 valence electrons. The van der Waals surface area contributed by atoms with Crippen molar-refractivity contribution in [2.75, 3.05) is 13.2 Å². The van der Waals surface area contributed by atoms with Gasteiger partial charge in [0.1, 0.15) is 0 Å². The number of aromatic nitrogens is 2. The highest BCUT2D eigenvalue weighted by Crippen LogP contribution is 2.00. The van der Waals surface area contributed by atoms with E-state index in [-0.39, 0.29) is 6.04 Å². The molecule has 1 atom stereocenters. The Balaban J connectivity index is 2.33. The fraction of sp³-hybridized carbons (Fsp3) is 0.700. The summed E-state index contributed by atoms with van der Waals surface area (Å²) in [5.41, 5.74) is 3.77. The van der Waals surface area contributed by atoms with Gasteiger partial charge in [-0.2, -0.15) is 5.10 Å². The van der Waals surface area contributed by atoms with Crippen LogP contribution in [0.3, 0.4) is 0 Å². The molecule has 0 fully saturated rings. The van der Waals surface area contributed by atoms with E-state index in [1.54, 1.807) is 4.68 Å². The van der Waals surface area contributed by atoms with Gasteiger partial charge in [0, 0.05) is 26.3 Å². The number of hydrogen-bond acceptors (Lipinski definition) is 4. The van der Waals surface area contributed by atoms with E-state index >= 15 is 0 Å². The molecule has 0 aliphatic carbocycles. The standard InChI is InChI=1S/C10H20N4O/c1-3-6-15-8-10(12-11)7-9-4-5-14(2)13-9/h4-5,10,12H,3,6-8,11H2,1-2H3. The second-order valence-corrected chi connectivity index (χ2v) is 3.62. The first-order valence-corrected chi connectivity index (χ1v) is 5.28. The van der Waals surface area contributed by atoms with E-state index in [4.69, 9.17) is 10.6 Å². The van der Waals surface area contributed by atoms with Crippen molar-refractivity contribution in [1.82, 2.24) is 15.2 Å². The number of hydrazine groups is 1. The van der Waals surface area contributed by atoms with Crippen LogP contribution in [0.25, 0.3) is 0 Å². The zero-order valence-corrected chi connectivity index (χ0v) is 9.44. The van der Waals surface area contributed by atoms with Gasteiger partial charge < -0.3 is 4.74 Å². The average molecular weight is 212 g/mol. The van der Waals surface area contributed by atoms with E-state index in [9.17, 15) is 0 Å². The summed E-state index contributed by atoms with van der Waals surface area (Å²) in [7, 11) is 1.90. The minimum Gasteiger partial charge on any atom is -0.380 e. The Bertz CT molecular complexity index is 274. The molecule has 1 aromatic heterocycles. The molecule has 0 radical (unpaired) electrons. The van der Waals surface area contributed by atoms with Crippen LogP contribution in [0.2, 0.25) is 0 Å². The van der Waals surface area contributed by atoms with E-state index in [1.807, 2.05) is 19.3 Å². The summed E-state index contributed by atoms with van der Waals surface area (Å²) in [6.07, 6.45) is 3.75. The van der Waals surface area contributed by atoms with Crippen LogP contribution in [0.1, 0.15) is 19.0 Å². The van der Waals surface area contributed by atoms with Gasteiger partial charge in [-0.1, -0.05) is 6.92 Å². The zero-order chi connectivity index (χ0) is 11.1. The molecule has 3 N–H and O–H groups in total. The largest absolute Gasteiger partial charge is 0.380 e. The summed E-state index contributed by atoms with van der Waals surface area (Å²) < 4.78 is 7.23. The Hall–Kier alpha value is -0.910. The average Bonchev–Trinajstić information content (AvgIpc) is 2.63. The van der Waals surface area contributed by atoms with E-state index in [2.05, 4.69) is 17.4 Å². The van der Waals surface area contributed by atoms with Crippen molar-refractivity contribution in [3.8, 4) is 0 Å². The quantitative estimate of drug-likeness (QED) is 0.385. The van der Waals surface area contributed by atoms with Gasteiger partial charge in [-0.25, -0.2) is 0 Å². The topological polar surface area (TPSA) is 65.1 Å². The molecule has 1 rings (SSSR count). The maximum Gasteiger partial charge on any atom is 0.0641 e. The minimum absolute atomic E-state index is 0.131. The third-order valence-corrected chi connectivity index (χ3v) is 2.13. The minimum atomic E-state index is 0.131.